The summed E-state index contributed by atoms with van der Waals surface area (Å²) in [5, 5.41) is 2.88. The zero-order valence-corrected chi connectivity index (χ0v) is 27.8. The number of ether oxygens (including phenoxy) is 1. The number of unbranched alkanes of at least 4 members (excludes halogenated alkanes) is 1. The standard InChI is InChI=1S/C35H61N3O2S/c1-24(2)9-8-10-25(3)29-14-15-30-28-13-12-26-23-27(16-18-34(26,4)31(28)17-19-35(29,30)5)40-33(39)38-21-20-37-32(36)11-6-7-22-41/h12,24-25,27-31,41H,6-11,13-23H2,1-5H3,(H2,36,37)(H,38,39). The van der Waals surface area contributed by atoms with Crippen molar-refractivity contribution < 1.29 is 9.53 Å². The number of rotatable bonds is 13. The van der Waals surface area contributed by atoms with Crippen LogP contribution in [0.3, 0.4) is 0 Å². The van der Waals surface area contributed by atoms with E-state index < -0.39 is 0 Å². The van der Waals surface area contributed by atoms with Crippen LogP contribution >= 0.6 is 12.6 Å². The van der Waals surface area contributed by atoms with Gasteiger partial charge in [-0.2, -0.15) is 12.6 Å². The van der Waals surface area contributed by atoms with Gasteiger partial charge < -0.3 is 15.8 Å². The average molecular weight is 588 g/mol. The van der Waals surface area contributed by atoms with Crippen molar-refractivity contribution in [3.05, 3.63) is 11.6 Å². The van der Waals surface area contributed by atoms with E-state index in [0.29, 0.717) is 24.3 Å². The maximum Gasteiger partial charge on any atom is 0.407 e. The first-order chi connectivity index (χ1) is 19.6. The third-order valence-electron chi connectivity index (χ3n) is 12.1. The van der Waals surface area contributed by atoms with Crippen LogP contribution in [0.15, 0.2) is 16.6 Å². The van der Waals surface area contributed by atoms with Gasteiger partial charge in [0.15, 0.2) is 0 Å². The van der Waals surface area contributed by atoms with E-state index in [2.05, 4.69) is 63.6 Å². The van der Waals surface area contributed by atoms with Gasteiger partial charge in [0.25, 0.3) is 0 Å². The molecule has 3 fully saturated rings. The number of amides is 1. The lowest BCUT2D eigenvalue weighted by molar-refractivity contribution is -0.0581. The molecule has 5 nitrogen and oxygen atoms in total. The molecular formula is C35H61N3O2S. The maximum atomic E-state index is 12.5. The van der Waals surface area contributed by atoms with E-state index in [1.54, 1.807) is 5.57 Å². The minimum absolute atomic E-state index is 0.0166. The van der Waals surface area contributed by atoms with E-state index in [4.69, 9.17) is 10.5 Å². The molecule has 234 valence electrons. The molecule has 0 radical (unpaired) electrons. The normalized spacial score (nSPS) is 35.7. The quantitative estimate of drug-likeness (QED) is 0.0664. The van der Waals surface area contributed by atoms with Crippen molar-refractivity contribution in [2.24, 2.45) is 57.1 Å². The van der Waals surface area contributed by atoms with Crippen molar-refractivity contribution in [1.82, 2.24) is 5.32 Å². The Bertz CT molecular complexity index is 934. The molecule has 8 unspecified atom stereocenters. The lowest BCUT2D eigenvalue weighted by Crippen LogP contribution is -2.51. The van der Waals surface area contributed by atoms with E-state index in [-0.39, 0.29) is 17.6 Å². The Kier molecular flexibility index (Phi) is 11.6. The average Bonchev–Trinajstić information content (AvgIpc) is 3.28. The number of hydrogen-bond acceptors (Lipinski definition) is 4. The Morgan fingerprint density at radius 3 is 2.66 bits per heavy atom. The minimum Gasteiger partial charge on any atom is -0.446 e. The predicted octanol–water partition coefficient (Wildman–Crippen LogP) is 8.58. The molecule has 41 heavy (non-hydrogen) atoms. The van der Waals surface area contributed by atoms with Crippen LogP contribution in [-0.4, -0.2) is 36.9 Å². The van der Waals surface area contributed by atoms with E-state index in [9.17, 15) is 4.79 Å². The number of thiol groups is 1. The van der Waals surface area contributed by atoms with Crippen LogP contribution in [0.4, 0.5) is 4.79 Å². The highest BCUT2D eigenvalue weighted by Gasteiger charge is 2.59. The van der Waals surface area contributed by atoms with Crippen LogP contribution in [0, 0.1) is 46.3 Å². The van der Waals surface area contributed by atoms with Gasteiger partial charge in [-0.1, -0.05) is 65.5 Å². The van der Waals surface area contributed by atoms with E-state index in [0.717, 1.165) is 79.8 Å². The summed E-state index contributed by atoms with van der Waals surface area (Å²) < 4.78 is 5.90. The van der Waals surface area contributed by atoms with Crippen LogP contribution < -0.4 is 11.1 Å². The molecule has 0 saturated heterocycles. The summed E-state index contributed by atoms with van der Waals surface area (Å²) in [6.07, 6.45) is 19.2. The molecule has 3 N–H and O–H groups in total. The molecule has 0 aliphatic heterocycles. The van der Waals surface area contributed by atoms with Crippen LogP contribution in [0.2, 0.25) is 0 Å². The summed E-state index contributed by atoms with van der Waals surface area (Å²) in [7, 11) is 0. The van der Waals surface area contributed by atoms with Gasteiger partial charge in [-0.15, -0.1) is 0 Å². The number of aliphatic imine (C=N–C) groups is 1. The fourth-order valence-electron chi connectivity index (χ4n) is 9.80. The topological polar surface area (TPSA) is 76.7 Å². The Morgan fingerprint density at radius 1 is 1.10 bits per heavy atom. The number of nitrogens with two attached hydrogens (primary N) is 1. The summed E-state index contributed by atoms with van der Waals surface area (Å²) in [4.78, 5) is 16.9. The van der Waals surface area contributed by atoms with Crippen LogP contribution in [0.1, 0.15) is 125 Å². The molecule has 4 aliphatic carbocycles. The van der Waals surface area contributed by atoms with Gasteiger partial charge in [0, 0.05) is 19.4 Å². The molecule has 8 atom stereocenters. The van der Waals surface area contributed by atoms with Gasteiger partial charge in [-0.25, -0.2) is 4.79 Å². The van der Waals surface area contributed by atoms with E-state index in [1.165, 1.54) is 51.4 Å². The fraction of sp³-hybridized carbons (Fsp3) is 0.886. The summed E-state index contributed by atoms with van der Waals surface area (Å²) in [5.74, 6) is 6.63. The van der Waals surface area contributed by atoms with Crippen LogP contribution in [0.25, 0.3) is 0 Å². The summed E-state index contributed by atoms with van der Waals surface area (Å²) in [6, 6.07) is 0. The van der Waals surface area contributed by atoms with Gasteiger partial charge in [-0.3, -0.25) is 4.99 Å². The van der Waals surface area contributed by atoms with E-state index in [1.807, 2.05) is 0 Å². The van der Waals surface area contributed by atoms with Gasteiger partial charge in [0.2, 0.25) is 0 Å². The monoisotopic (exact) mass is 587 g/mol. The minimum atomic E-state index is -0.315. The maximum absolute atomic E-state index is 12.5. The van der Waals surface area contributed by atoms with E-state index >= 15 is 0 Å². The summed E-state index contributed by atoms with van der Waals surface area (Å²) in [5.41, 5.74) is 8.34. The molecule has 4 rings (SSSR count). The molecule has 1 amide bonds. The molecular weight excluding hydrogens is 526 g/mol. The Balaban J connectivity index is 1.28. The largest absolute Gasteiger partial charge is 0.446 e. The third kappa shape index (κ3) is 7.68. The number of nitrogens with one attached hydrogen (secondary N) is 1. The highest BCUT2D eigenvalue weighted by molar-refractivity contribution is 7.80. The molecule has 0 heterocycles. The van der Waals surface area contributed by atoms with Crippen LogP contribution in [-0.2, 0) is 4.74 Å². The highest BCUT2D eigenvalue weighted by Crippen LogP contribution is 2.67. The smallest absolute Gasteiger partial charge is 0.407 e. The number of alkyl carbamates (subject to hydrolysis) is 1. The molecule has 0 aromatic rings. The number of fused-ring (bicyclic) bond motifs is 5. The summed E-state index contributed by atoms with van der Waals surface area (Å²) >= 11 is 4.23. The fourth-order valence-corrected chi connectivity index (χ4v) is 10.0. The SMILES string of the molecule is CC(C)CCCC(C)C1CCC2C3CC=C4CC(OC(=O)NCCN=C(N)CCCCS)CCC4(C)C3CCC12C. The molecule has 3 saturated carbocycles. The van der Waals surface area contributed by atoms with Crippen molar-refractivity contribution in [2.75, 3.05) is 18.8 Å². The molecule has 4 aliphatic rings. The zero-order valence-electron chi connectivity index (χ0n) is 26.9. The molecule has 6 heteroatoms. The first-order valence-corrected chi connectivity index (χ1v) is 17.7. The first kappa shape index (κ1) is 32.7. The lowest BCUT2D eigenvalue weighted by Gasteiger charge is -2.58. The Hall–Kier alpha value is -1.17. The molecule has 0 spiro atoms. The number of carbonyl (C=O) groups excluding carboxylic acids is 1. The Morgan fingerprint density at radius 2 is 1.90 bits per heavy atom. The number of nitrogens with zero attached hydrogens (tertiary/aromatic N) is 1. The van der Waals surface area contributed by atoms with Crippen molar-refractivity contribution in [3.63, 3.8) is 0 Å². The van der Waals surface area contributed by atoms with Gasteiger partial charge >= 0.3 is 6.09 Å². The summed E-state index contributed by atoms with van der Waals surface area (Å²) in [6.45, 7) is 13.5. The van der Waals surface area contributed by atoms with Gasteiger partial charge in [-0.05, 0) is 110 Å². The Labute approximate surface area is 257 Å². The highest BCUT2D eigenvalue weighted by atomic mass is 32.1. The van der Waals surface area contributed by atoms with Gasteiger partial charge in [0.1, 0.15) is 6.10 Å². The van der Waals surface area contributed by atoms with Crippen molar-refractivity contribution >= 4 is 24.6 Å². The first-order valence-electron chi connectivity index (χ1n) is 17.1. The molecule has 0 bridgehead atoms. The second-order valence-corrected chi connectivity index (χ2v) is 15.5. The second kappa shape index (κ2) is 14.5. The lowest BCUT2D eigenvalue weighted by atomic mass is 9.47. The predicted molar refractivity (Wildman–Crippen MR) is 176 cm³/mol. The van der Waals surface area contributed by atoms with Gasteiger partial charge in [0.05, 0.1) is 12.4 Å². The number of allylic oxidation sites excluding steroid dienone is 1. The van der Waals surface area contributed by atoms with Crippen molar-refractivity contribution in [1.29, 1.82) is 0 Å². The number of hydrogen-bond donors (Lipinski definition) is 3. The van der Waals surface area contributed by atoms with Crippen molar-refractivity contribution in [2.45, 2.75) is 131 Å². The second-order valence-electron chi connectivity index (χ2n) is 15.0. The number of amidine groups is 1. The molecule has 0 aromatic heterocycles. The van der Waals surface area contributed by atoms with Crippen LogP contribution in [0.5, 0.6) is 0 Å². The third-order valence-corrected chi connectivity index (χ3v) is 12.4. The zero-order chi connectivity index (χ0) is 29.6. The number of carbonyl (C=O) groups is 1. The molecule has 0 aromatic carbocycles. The van der Waals surface area contributed by atoms with Crippen molar-refractivity contribution in [3.8, 4) is 0 Å².